The zero-order valence-electron chi connectivity index (χ0n) is 5.31. The van der Waals surface area contributed by atoms with Crippen LogP contribution in [0.3, 0.4) is 0 Å². The van der Waals surface area contributed by atoms with Crippen LogP contribution in [0.25, 0.3) is 0 Å². The summed E-state index contributed by atoms with van der Waals surface area (Å²) >= 11 is 0. The first-order chi connectivity index (χ1) is 4.24. The fraction of sp³-hybridized carbons (Fsp3) is 0.500. The van der Waals surface area contributed by atoms with Crippen molar-refractivity contribution in [3.8, 4) is 0 Å². The summed E-state index contributed by atoms with van der Waals surface area (Å²) in [5, 5.41) is 0. The summed E-state index contributed by atoms with van der Waals surface area (Å²) in [6.07, 6.45) is 0. The lowest BCUT2D eigenvalue weighted by Gasteiger charge is -2.20. The van der Waals surface area contributed by atoms with E-state index in [1.165, 1.54) is 0 Å². The molecule has 0 aromatic carbocycles. The molecule has 0 saturated carbocycles. The van der Waals surface area contributed by atoms with E-state index in [-0.39, 0.29) is 0 Å². The Kier molecular flexibility index (Phi) is 2.09. The molecule has 0 amide bonds. The van der Waals surface area contributed by atoms with Gasteiger partial charge in [0, 0.05) is 0 Å². The van der Waals surface area contributed by atoms with E-state index >= 15 is 0 Å². The number of carbonyl (C=O) groups excluding carboxylic acids is 2. The maximum Gasteiger partial charge on any atom is 0.230 e. The molecule has 60 valence electrons. The van der Waals surface area contributed by atoms with Crippen LogP contribution in [0.1, 0.15) is 6.92 Å². The molecule has 0 unspecified atom stereocenters. The molecule has 0 fully saturated rings. The van der Waals surface area contributed by atoms with Crippen LogP contribution in [0.5, 0.6) is 0 Å². The molecule has 2 N–H and O–H groups in total. The second kappa shape index (κ2) is 2.22. The number of ketones is 1. The average Bonchev–Trinajstić information content (AvgIpc) is 1.61. The van der Waals surface area contributed by atoms with Crippen molar-refractivity contribution in [2.75, 3.05) is 5.75 Å². The van der Waals surface area contributed by atoms with Crippen molar-refractivity contribution < 1.29 is 22.9 Å². The molecule has 0 atom stereocenters. The average molecular weight is 168 g/mol. The van der Waals surface area contributed by atoms with Crippen LogP contribution in [0.4, 0.5) is 0 Å². The van der Waals surface area contributed by atoms with Gasteiger partial charge in [0.2, 0.25) is 5.62 Å². The molecule has 5 nitrogen and oxygen atoms in total. The Balaban J connectivity index is 4.57. The van der Waals surface area contributed by atoms with E-state index in [0.29, 0.717) is 0 Å². The number of rotatable bonds is 3. The van der Waals surface area contributed by atoms with Crippen LogP contribution in [0.2, 0.25) is 0 Å². The van der Waals surface area contributed by atoms with Crippen molar-refractivity contribution in [1.29, 1.82) is 0 Å². The highest BCUT2D eigenvalue weighted by Gasteiger charge is 2.30. The van der Waals surface area contributed by atoms with Gasteiger partial charge in [-0.05, 0) is 6.92 Å². The summed E-state index contributed by atoms with van der Waals surface area (Å²) in [5.74, 6) is -1.74. The van der Waals surface area contributed by atoms with Gasteiger partial charge in [-0.3, -0.25) is 9.59 Å². The lowest BCUT2D eigenvalue weighted by atomic mass is 10.5. The second-order valence-electron chi connectivity index (χ2n) is 2.02. The third-order valence-electron chi connectivity index (χ3n) is 0.668. The molecular weight excluding hydrogens is 160 g/mol. The summed E-state index contributed by atoms with van der Waals surface area (Å²) in [6, 6.07) is 0. The van der Waals surface area contributed by atoms with E-state index in [2.05, 4.69) is 0 Å². The predicted molar refractivity (Wildman–Crippen MR) is 35.7 cm³/mol. The Bertz CT molecular complexity index is 224. The van der Waals surface area contributed by atoms with Gasteiger partial charge in [-0.25, -0.2) is 4.21 Å². The summed E-state index contributed by atoms with van der Waals surface area (Å²) in [7, 11) is -5.25. The first kappa shape index (κ1) is 9.41. The van der Waals surface area contributed by atoms with Crippen LogP contribution in [0.15, 0.2) is 0 Å². The minimum absolute atomic E-state index is 0.501. The summed E-state index contributed by atoms with van der Waals surface area (Å²) in [5.41, 5.74) is -0.501. The Labute approximate surface area is 57.5 Å². The number of hydrogen-bond acceptors (Lipinski definition) is 3. The standard InChI is InChI=1S/C4H8O5S/c1-4(6)2-10(7,8,9)3-5/h3H,2H2,1H3,(H2,7,8,9). The van der Waals surface area contributed by atoms with Crippen molar-refractivity contribution in [1.82, 2.24) is 0 Å². The van der Waals surface area contributed by atoms with Crippen LogP contribution in [-0.2, 0) is 19.2 Å². The van der Waals surface area contributed by atoms with Gasteiger partial charge in [0.1, 0.15) is 21.2 Å². The number of Topliss-reactive ketones (excluding diaryl/α,β-unsaturated/α-hetero) is 1. The molecule has 6 heteroatoms. The fourth-order valence-electron chi connectivity index (χ4n) is 0.416. The highest BCUT2D eigenvalue weighted by molar-refractivity contribution is 8.22. The van der Waals surface area contributed by atoms with E-state index in [9.17, 15) is 13.8 Å². The smallest absolute Gasteiger partial charge is 0.230 e. The second-order valence-corrected chi connectivity index (χ2v) is 4.67. The SMILES string of the molecule is CC(=O)CS(=O)(O)(O)C=O. The molecule has 0 radical (unpaired) electrons. The lowest BCUT2D eigenvalue weighted by Crippen LogP contribution is -2.39. The topological polar surface area (TPSA) is 91.7 Å². The fourth-order valence-corrected chi connectivity index (χ4v) is 1.25. The molecule has 0 saturated heterocycles. The van der Waals surface area contributed by atoms with Crippen LogP contribution in [0, 0.1) is 0 Å². The van der Waals surface area contributed by atoms with Crippen LogP contribution >= 0.6 is 0 Å². The van der Waals surface area contributed by atoms with Gasteiger partial charge in [-0.15, -0.1) is 0 Å². The molecule has 0 spiro atoms. The maximum absolute atomic E-state index is 10.5. The Morgan fingerprint density at radius 2 is 2.00 bits per heavy atom. The Hall–Kier alpha value is -0.590. The highest BCUT2D eigenvalue weighted by Crippen LogP contribution is 2.10. The largest absolute Gasteiger partial charge is 0.302 e. The number of hydrogen-bond donors (Lipinski definition) is 2. The molecule has 0 aromatic heterocycles. The minimum atomic E-state index is -5.25. The quantitative estimate of drug-likeness (QED) is 0.556. The van der Waals surface area contributed by atoms with E-state index in [1.54, 1.807) is 0 Å². The van der Waals surface area contributed by atoms with Gasteiger partial charge in [0.25, 0.3) is 0 Å². The van der Waals surface area contributed by atoms with E-state index < -0.39 is 26.8 Å². The van der Waals surface area contributed by atoms with Gasteiger partial charge in [0.05, 0.1) is 0 Å². The zero-order chi connectivity index (χ0) is 8.44. The first-order valence-electron chi connectivity index (χ1n) is 2.35. The summed E-state index contributed by atoms with van der Waals surface area (Å²) in [6.45, 7) is 1.00. The normalized spacial score (nSPS) is 15.3. The van der Waals surface area contributed by atoms with Crippen LogP contribution in [-0.4, -0.2) is 30.5 Å². The lowest BCUT2D eigenvalue weighted by molar-refractivity contribution is -0.114. The molecule has 0 heterocycles. The number of carbonyl (C=O) groups is 2. The minimum Gasteiger partial charge on any atom is -0.302 e. The third kappa shape index (κ3) is 3.44. The summed E-state index contributed by atoms with van der Waals surface area (Å²) in [4.78, 5) is 19.9. The molecule has 0 aliphatic rings. The monoisotopic (exact) mass is 168 g/mol. The van der Waals surface area contributed by atoms with Crippen molar-refractivity contribution in [2.24, 2.45) is 0 Å². The van der Waals surface area contributed by atoms with E-state index in [1.807, 2.05) is 0 Å². The molecular formula is C4H8O5S. The van der Waals surface area contributed by atoms with Crippen molar-refractivity contribution >= 4 is 21.0 Å². The Morgan fingerprint density at radius 3 is 2.10 bits per heavy atom. The first-order valence-corrected chi connectivity index (χ1v) is 4.46. The molecule has 0 bridgehead atoms. The van der Waals surface area contributed by atoms with Gasteiger partial charge in [0.15, 0.2) is 0 Å². The van der Waals surface area contributed by atoms with Crippen molar-refractivity contribution in [3.05, 3.63) is 0 Å². The molecule has 0 aliphatic carbocycles. The van der Waals surface area contributed by atoms with Crippen molar-refractivity contribution in [2.45, 2.75) is 6.92 Å². The van der Waals surface area contributed by atoms with Gasteiger partial charge in [-0.2, -0.15) is 0 Å². The Morgan fingerprint density at radius 1 is 1.60 bits per heavy atom. The third-order valence-corrected chi connectivity index (χ3v) is 2.00. The predicted octanol–water partition coefficient (Wildman–Crippen LogP) is -0.468. The molecule has 0 aliphatic heterocycles. The van der Waals surface area contributed by atoms with Gasteiger partial charge in [-0.1, -0.05) is 0 Å². The van der Waals surface area contributed by atoms with Crippen molar-refractivity contribution in [3.63, 3.8) is 0 Å². The van der Waals surface area contributed by atoms with Gasteiger partial charge >= 0.3 is 0 Å². The van der Waals surface area contributed by atoms with E-state index in [4.69, 9.17) is 9.11 Å². The summed E-state index contributed by atoms with van der Waals surface area (Å²) < 4.78 is 27.4. The molecule has 0 rings (SSSR count). The maximum atomic E-state index is 10.5. The van der Waals surface area contributed by atoms with E-state index in [0.717, 1.165) is 6.92 Å². The van der Waals surface area contributed by atoms with Gasteiger partial charge < -0.3 is 9.11 Å². The highest BCUT2D eigenvalue weighted by atomic mass is 32.3. The van der Waals surface area contributed by atoms with Crippen LogP contribution < -0.4 is 0 Å². The zero-order valence-corrected chi connectivity index (χ0v) is 6.13. The molecule has 10 heavy (non-hydrogen) atoms. The molecule has 0 aromatic rings.